The van der Waals surface area contributed by atoms with Crippen LogP contribution in [0.5, 0.6) is 0 Å². The van der Waals surface area contributed by atoms with Crippen molar-refractivity contribution in [3.05, 3.63) is 70.5 Å². The van der Waals surface area contributed by atoms with Crippen LogP contribution in [0.1, 0.15) is 17.0 Å². The maximum Gasteiger partial charge on any atom is 0.0679 e. The molecule has 0 fully saturated rings. The normalized spacial score (nSPS) is 11.0. The third-order valence-corrected chi connectivity index (χ3v) is 4.26. The highest BCUT2D eigenvalue weighted by molar-refractivity contribution is 6.30. The van der Waals surface area contributed by atoms with Crippen LogP contribution in [0.3, 0.4) is 0 Å². The molecule has 0 saturated carbocycles. The molecule has 1 heterocycles. The van der Waals surface area contributed by atoms with E-state index in [2.05, 4.69) is 12.0 Å². The van der Waals surface area contributed by atoms with Crippen LogP contribution in [-0.4, -0.2) is 21.5 Å². The maximum atomic E-state index is 9.01. The summed E-state index contributed by atoms with van der Waals surface area (Å²) >= 11 is 5.98. The first-order valence-corrected chi connectivity index (χ1v) is 8.00. The molecule has 0 bridgehead atoms. The molecule has 0 spiro atoms. The number of aromatic nitrogens is 2. The maximum absolute atomic E-state index is 9.01. The third kappa shape index (κ3) is 3.16. The summed E-state index contributed by atoms with van der Waals surface area (Å²) in [5, 5.41) is 14.4. The van der Waals surface area contributed by atoms with Gasteiger partial charge in [-0.15, -0.1) is 0 Å². The topological polar surface area (TPSA) is 38.0 Å². The Balaban J connectivity index is 2.01. The van der Waals surface area contributed by atoms with Crippen LogP contribution in [0.15, 0.2) is 48.5 Å². The van der Waals surface area contributed by atoms with E-state index < -0.39 is 0 Å². The number of benzene rings is 2. The Morgan fingerprint density at radius 1 is 1.00 bits per heavy atom. The van der Waals surface area contributed by atoms with Crippen molar-refractivity contribution in [2.45, 2.75) is 20.3 Å². The summed E-state index contributed by atoms with van der Waals surface area (Å²) in [7, 11) is 0. The molecular weight excluding hydrogens is 308 g/mol. The smallest absolute Gasteiger partial charge is 0.0679 e. The van der Waals surface area contributed by atoms with Crippen LogP contribution in [0, 0.1) is 13.8 Å². The molecule has 0 saturated heterocycles. The number of aliphatic hydroxyl groups is 1. The molecule has 118 valence electrons. The summed E-state index contributed by atoms with van der Waals surface area (Å²) in [6.07, 6.45) is 0.674. The lowest BCUT2D eigenvalue weighted by Crippen LogP contribution is -2.00. The van der Waals surface area contributed by atoms with Gasteiger partial charge in [-0.2, -0.15) is 5.10 Å². The Kier molecular flexibility index (Phi) is 4.51. The second-order valence-corrected chi connectivity index (χ2v) is 6.04. The molecule has 0 aliphatic carbocycles. The van der Waals surface area contributed by atoms with E-state index in [4.69, 9.17) is 16.7 Å². The highest BCUT2D eigenvalue weighted by atomic mass is 35.5. The highest BCUT2D eigenvalue weighted by Crippen LogP contribution is 2.29. The molecule has 4 heteroatoms. The average molecular weight is 327 g/mol. The van der Waals surface area contributed by atoms with Crippen LogP contribution in [0.25, 0.3) is 16.8 Å². The fourth-order valence-corrected chi connectivity index (χ4v) is 2.99. The van der Waals surface area contributed by atoms with Gasteiger partial charge < -0.3 is 5.11 Å². The van der Waals surface area contributed by atoms with Gasteiger partial charge in [0.1, 0.15) is 0 Å². The first-order chi connectivity index (χ1) is 11.1. The van der Waals surface area contributed by atoms with Crippen molar-refractivity contribution in [3.63, 3.8) is 0 Å². The average Bonchev–Trinajstić information content (AvgIpc) is 2.84. The van der Waals surface area contributed by atoms with Gasteiger partial charge in [-0.25, -0.2) is 4.68 Å². The lowest BCUT2D eigenvalue weighted by molar-refractivity contribution is 0.299. The molecule has 0 aliphatic rings. The Hall–Kier alpha value is -2.10. The van der Waals surface area contributed by atoms with Crippen LogP contribution in [0.4, 0.5) is 0 Å². The van der Waals surface area contributed by atoms with E-state index in [-0.39, 0.29) is 6.61 Å². The van der Waals surface area contributed by atoms with Crippen molar-refractivity contribution in [2.75, 3.05) is 6.61 Å². The summed E-state index contributed by atoms with van der Waals surface area (Å²) in [6, 6.07) is 16.0. The van der Waals surface area contributed by atoms with E-state index in [0.717, 1.165) is 38.8 Å². The predicted molar refractivity (Wildman–Crippen MR) is 94.3 cm³/mol. The highest BCUT2D eigenvalue weighted by Gasteiger charge is 2.14. The SMILES string of the molecule is Cc1nn(-c2ccc(CCO)cc2)c(C)c1-c1ccc(Cl)cc1. The minimum absolute atomic E-state index is 0.167. The van der Waals surface area contributed by atoms with Crippen LogP contribution < -0.4 is 0 Å². The summed E-state index contributed by atoms with van der Waals surface area (Å²) in [5.74, 6) is 0. The van der Waals surface area contributed by atoms with Gasteiger partial charge in [0, 0.05) is 22.9 Å². The van der Waals surface area contributed by atoms with Crippen molar-refractivity contribution in [2.24, 2.45) is 0 Å². The number of aliphatic hydroxyl groups excluding tert-OH is 1. The lowest BCUT2D eigenvalue weighted by Gasteiger charge is -2.07. The van der Waals surface area contributed by atoms with Gasteiger partial charge in [-0.05, 0) is 55.7 Å². The van der Waals surface area contributed by atoms with E-state index in [1.165, 1.54) is 0 Å². The molecule has 0 atom stereocenters. The number of nitrogens with zero attached hydrogens (tertiary/aromatic N) is 2. The summed E-state index contributed by atoms with van der Waals surface area (Å²) in [5.41, 5.74) is 6.49. The van der Waals surface area contributed by atoms with Gasteiger partial charge in [0.2, 0.25) is 0 Å². The molecule has 0 amide bonds. The molecule has 2 aromatic carbocycles. The Labute approximate surface area is 141 Å². The van der Waals surface area contributed by atoms with Crippen molar-refractivity contribution >= 4 is 11.6 Å². The molecular formula is C19H19ClN2O. The molecule has 1 N–H and O–H groups in total. The second kappa shape index (κ2) is 6.57. The number of hydrogen-bond donors (Lipinski definition) is 1. The molecule has 23 heavy (non-hydrogen) atoms. The van der Waals surface area contributed by atoms with E-state index in [1.54, 1.807) is 0 Å². The Bertz CT molecular complexity index is 805. The fourth-order valence-electron chi connectivity index (χ4n) is 2.86. The van der Waals surface area contributed by atoms with E-state index in [9.17, 15) is 0 Å². The minimum Gasteiger partial charge on any atom is -0.396 e. The van der Waals surface area contributed by atoms with E-state index in [0.29, 0.717) is 6.42 Å². The van der Waals surface area contributed by atoms with Gasteiger partial charge >= 0.3 is 0 Å². The monoisotopic (exact) mass is 326 g/mol. The molecule has 3 rings (SSSR count). The third-order valence-electron chi connectivity index (χ3n) is 4.01. The Morgan fingerprint density at radius 3 is 2.26 bits per heavy atom. The standard InChI is InChI=1S/C19H19ClN2O/c1-13-19(16-5-7-17(20)8-6-16)14(2)22(21-13)18-9-3-15(4-10-18)11-12-23/h3-10,23H,11-12H2,1-2H3. The quantitative estimate of drug-likeness (QED) is 0.774. The molecule has 0 radical (unpaired) electrons. The Morgan fingerprint density at radius 2 is 1.65 bits per heavy atom. The predicted octanol–water partition coefficient (Wildman–Crippen LogP) is 4.34. The van der Waals surface area contributed by atoms with Crippen LogP contribution in [-0.2, 0) is 6.42 Å². The molecule has 0 unspecified atom stereocenters. The molecule has 3 nitrogen and oxygen atoms in total. The van der Waals surface area contributed by atoms with E-state index >= 15 is 0 Å². The lowest BCUT2D eigenvalue weighted by atomic mass is 10.0. The summed E-state index contributed by atoms with van der Waals surface area (Å²) in [6.45, 7) is 4.26. The number of rotatable bonds is 4. The molecule has 3 aromatic rings. The van der Waals surface area contributed by atoms with Gasteiger partial charge in [0.05, 0.1) is 11.4 Å². The summed E-state index contributed by atoms with van der Waals surface area (Å²) < 4.78 is 1.96. The van der Waals surface area contributed by atoms with Crippen LogP contribution in [0.2, 0.25) is 5.02 Å². The van der Waals surface area contributed by atoms with Crippen LogP contribution >= 0.6 is 11.6 Å². The van der Waals surface area contributed by atoms with Crippen molar-refractivity contribution in [1.29, 1.82) is 0 Å². The zero-order chi connectivity index (χ0) is 16.4. The number of halogens is 1. The zero-order valence-corrected chi connectivity index (χ0v) is 14.0. The van der Waals surface area contributed by atoms with Gasteiger partial charge in [0.25, 0.3) is 0 Å². The van der Waals surface area contributed by atoms with Gasteiger partial charge in [-0.1, -0.05) is 35.9 Å². The minimum atomic E-state index is 0.167. The zero-order valence-electron chi connectivity index (χ0n) is 13.3. The number of hydrogen-bond acceptors (Lipinski definition) is 2. The molecule has 1 aromatic heterocycles. The summed E-state index contributed by atoms with van der Waals surface area (Å²) in [4.78, 5) is 0. The fraction of sp³-hybridized carbons (Fsp3) is 0.211. The largest absolute Gasteiger partial charge is 0.396 e. The molecule has 0 aliphatic heterocycles. The van der Waals surface area contributed by atoms with Gasteiger partial charge in [0.15, 0.2) is 0 Å². The first-order valence-electron chi connectivity index (χ1n) is 7.62. The van der Waals surface area contributed by atoms with Crippen molar-refractivity contribution in [1.82, 2.24) is 9.78 Å². The van der Waals surface area contributed by atoms with E-state index in [1.807, 2.05) is 60.1 Å². The second-order valence-electron chi connectivity index (χ2n) is 5.60. The van der Waals surface area contributed by atoms with Crippen molar-refractivity contribution in [3.8, 4) is 16.8 Å². The van der Waals surface area contributed by atoms with Crippen molar-refractivity contribution < 1.29 is 5.11 Å². The first kappa shape index (κ1) is 15.8. The number of aryl methyl sites for hydroxylation is 1. The van der Waals surface area contributed by atoms with Gasteiger partial charge in [-0.3, -0.25) is 0 Å².